The number of anilines is 2. The summed E-state index contributed by atoms with van der Waals surface area (Å²) >= 11 is 0. The predicted molar refractivity (Wildman–Crippen MR) is 77.7 cm³/mol. The van der Waals surface area contributed by atoms with E-state index >= 15 is 0 Å². The SMILES string of the molecule is O=C(Nc1ccc(F)c(F)c1F)c1ccc(N2CCCC2)nn1. The summed E-state index contributed by atoms with van der Waals surface area (Å²) in [7, 11) is 0. The maximum Gasteiger partial charge on any atom is 0.276 e. The van der Waals surface area contributed by atoms with Crippen molar-refractivity contribution in [3.8, 4) is 0 Å². The third kappa shape index (κ3) is 3.10. The number of benzene rings is 1. The maximum absolute atomic E-state index is 13.5. The average molecular weight is 322 g/mol. The highest BCUT2D eigenvalue weighted by molar-refractivity contribution is 6.02. The van der Waals surface area contributed by atoms with Crippen LogP contribution in [-0.2, 0) is 0 Å². The summed E-state index contributed by atoms with van der Waals surface area (Å²) in [6, 6.07) is 4.77. The van der Waals surface area contributed by atoms with E-state index in [1.807, 2.05) is 4.90 Å². The number of amides is 1. The first kappa shape index (κ1) is 15.3. The number of halogens is 3. The van der Waals surface area contributed by atoms with E-state index < -0.39 is 29.0 Å². The number of hydrogen-bond acceptors (Lipinski definition) is 4. The van der Waals surface area contributed by atoms with E-state index in [0.29, 0.717) is 5.82 Å². The molecule has 120 valence electrons. The van der Waals surface area contributed by atoms with Crippen LogP contribution in [0.25, 0.3) is 0 Å². The van der Waals surface area contributed by atoms with Crippen LogP contribution in [0.1, 0.15) is 23.3 Å². The first-order valence-electron chi connectivity index (χ1n) is 7.10. The van der Waals surface area contributed by atoms with Crippen LogP contribution in [0.3, 0.4) is 0 Å². The second kappa shape index (κ2) is 6.23. The van der Waals surface area contributed by atoms with Crippen molar-refractivity contribution in [3.05, 3.63) is 47.4 Å². The Morgan fingerprint density at radius 2 is 1.74 bits per heavy atom. The second-order valence-electron chi connectivity index (χ2n) is 5.15. The summed E-state index contributed by atoms with van der Waals surface area (Å²) in [5.41, 5.74) is -0.503. The van der Waals surface area contributed by atoms with E-state index in [1.165, 1.54) is 6.07 Å². The van der Waals surface area contributed by atoms with Gasteiger partial charge in [-0.25, -0.2) is 13.2 Å². The number of aromatic nitrogens is 2. The van der Waals surface area contributed by atoms with Gasteiger partial charge in [-0.2, -0.15) is 0 Å². The molecule has 3 rings (SSSR count). The van der Waals surface area contributed by atoms with E-state index in [0.717, 1.165) is 38.1 Å². The van der Waals surface area contributed by atoms with E-state index in [9.17, 15) is 18.0 Å². The molecule has 1 amide bonds. The molecule has 0 saturated carbocycles. The van der Waals surface area contributed by atoms with Crippen molar-refractivity contribution in [2.45, 2.75) is 12.8 Å². The molecule has 8 heteroatoms. The van der Waals surface area contributed by atoms with Crippen LogP contribution in [0.2, 0.25) is 0 Å². The number of carbonyl (C=O) groups excluding carboxylic acids is 1. The monoisotopic (exact) mass is 322 g/mol. The average Bonchev–Trinajstić information content (AvgIpc) is 3.10. The fraction of sp³-hybridized carbons (Fsp3) is 0.267. The van der Waals surface area contributed by atoms with Gasteiger partial charge < -0.3 is 10.2 Å². The largest absolute Gasteiger partial charge is 0.355 e. The lowest BCUT2D eigenvalue weighted by atomic mass is 10.2. The minimum Gasteiger partial charge on any atom is -0.355 e. The zero-order valence-corrected chi connectivity index (χ0v) is 12.0. The van der Waals surface area contributed by atoms with Gasteiger partial charge in [0.1, 0.15) is 0 Å². The van der Waals surface area contributed by atoms with Crippen molar-refractivity contribution in [1.29, 1.82) is 0 Å². The zero-order chi connectivity index (χ0) is 16.4. The Labute approximate surface area is 130 Å². The Hall–Kier alpha value is -2.64. The van der Waals surface area contributed by atoms with Crippen LogP contribution < -0.4 is 10.2 Å². The highest BCUT2D eigenvalue weighted by atomic mass is 19.2. The third-order valence-corrected chi connectivity index (χ3v) is 3.60. The summed E-state index contributed by atoms with van der Waals surface area (Å²) in [6.07, 6.45) is 2.17. The first-order chi connectivity index (χ1) is 11.1. The molecule has 0 radical (unpaired) electrons. The second-order valence-corrected chi connectivity index (χ2v) is 5.15. The molecule has 1 saturated heterocycles. The number of nitrogens with one attached hydrogen (secondary N) is 1. The van der Waals surface area contributed by atoms with Crippen molar-refractivity contribution in [3.63, 3.8) is 0 Å². The number of nitrogens with zero attached hydrogens (tertiary/aromatic N) is 3. The van der Waals surface area contributed by atoms with Crippen molar-refractivity contribution >= 4 is 17.4 Å². The minimum absolute atomic E-state index is 0.0444. The normalized spacial score (nSPS) is 14.1. The Morgan fingerprint density at radius 3 is 2.39 bits per heavy atom. The van der Waals surface area contributed by atoms with Gasteiger partial charge in [0.15, 0.2) is 29.0 Å². The molecular weight excluding hydrogens is 309 g/mol. The van der Waals surface area contributed by atoms with Crippen LogP contribution in [0.5, 0.6) is 0 Å². The standard InChI is InChI=1S/C15H13F3N4O/c16-9-3-4-10(14(18)13(9)17)19-15(23)11-5-6-12(21-20-11)22-7-1-2-8-22/h3-6H,1-2,7-8H2,(H,19,23). The highest BCUT2D eigenvalue weighted by Crippen LogP contribution is 2.20. The molecule has 0 aliphatic carbocycles. The molecule has 0 unspecified atom stereocenters. The number of rotatable bonds is 3. The van der Waals surface area contributed by atoms with Crippen molar-refractivity contribution < 1.29 is 18.0 Å². The van der Waals surface area contributed by atoms with Crippen LogP contribution >= 0.6 is 0 Å². The molecule has 2 heterocycles. The van der Waals surface area contributed by atoms with Gasteiger partial charge in [0, 0.05) is 13.1 Å². The Balaban J connectivity index is 1.74. The summed E-state index contributed by atoms with van der Waals surface area (Å²) in [5.74, 6) is -4.51. The van der Waals surface area contributed by atoms with E-state index in [1.54, 1.807) is 6.07 Å². The molecule has 5 nitrogen and oxygen atoms in total. The Morgan fingerprint density at radius 1 is 1.00 bits per heavy atom. The molecule has 0 bridgehead atoms. The van der Waals surface area contributed by atoms with Gasteiger partial charge in [-0.1, -0.05) is 0 Å². The van der Waals surface area contributed by atoms with Crippen LogP contribution in [0.4, 0.5) is 24.7 Å². The van der Waals surface area contributed by atoms with E-state index in [-0.39, 0.29) is 5.69 Å². The van der Waals surface area contributed by atoms with Crippen LogP contribution in [0, 0.1) is 17.5 Å². The molecule has 23 heavy (non-hydrogen) atoms. The number of carbonyl (C=O) groups is 1. The van der Waals surface area contributed by atoms with Crippen LogP contribution in [0.15, 0.2) is 24.3 Å². The van der Waals surface area contributed by atoms with Gasteiger partial charge in [-0.15, -0.1) is 10.2 Å². The Bertz CT molecular complexity index is 730. The van der Waals surface area contributed by atoms with Gasteiger partial charge in [-0.3, -0.25) is 4.79 Å². The van der Waals surface area contributed by atoms with Gasteiger partial charge in [0.25, 0.3) is 5.91 Å². The predicted octanol–water partition coefficient (Wildman–Crippen LogP) is 2.75. The minimum atomic E-state index is -1.64. The van der Waals surface area contributed by atoms with Crippen molar-refractivity contribution in [1.82, 2.24) is 10.2 Å². The highest BCUT2D eigenvalue weighted by Gasteiger charge is 2.18. The van der Waals surface area contributed by atoms with Gasteiger partial charge >= 0.3 is 0 Å². The molecule has 1 fully saturated rings. The lowest BCUT2D eigenvalue weighted by Crippen LogP contribution is -2.21. The summed E-state index contributed by atoms with van der Waals surface area (Å²) in [4.78, 5) is 14.0. The van der Waals surface area contributed by atoms with E-state index in [4.69, 9.17) is 0 Å². The van der Waals surface area contributed by atoms with Crippen molar-refractivity contribution in [2.75, 3.05) is 23.3 Å². The fourth-order valence-corrected chi connectivity index (χ4v) is 2.37. The first-order valence-corrected chi connectivity index (χ1v) is 7.10. The Kier molecular flexibility index (Phi) is 4.14. The maximum atomic E-state index is 13.5. The molecule has 0 spiro atoms. The van der Waals surface area contributed by atoms with Gasteiger partial charge in [0.05, 0.1) is 5.69 Å². The summed E-state index contributed by atoms with van der Waals surface area (Å²) in [6.45, 7) is 1.78. The molecule has 1 N–H and O–H groups in total. The number of hydrogen-bond donors (Lipinski definition) is 1. The third-order valence-electron chi connectivity index (χ3n) is 3.60. The lowest BCUT2D eigenvalue weighted by molar-refractivity contribution is 0.102. The molecule has 1 aromatic heterocycles. The molecule has 1 aliphatic rings. The van der Waals surface area contributed by atoms with E-state index in [2.05, 4.69) is 15.5 Å². The van der Waals surface area contributed by atoms with Crippen LogP contribution in [-0.4, -0.2) is 29.2 Å². The quantitative estimate of drug-likeness (QED) is 0.883. The topological polar surface area (TPSA) is 58.1 Å². The zero-order valence-electron chi connectivity index (χ0n) is 12.0. The molecule has 1 aliphatic heterocycles. The molecular formula is C15H13F3N4O. The summed E-state index contributed by atoms with van der Waals surface area (Å²) < 4.78 is 39.5. The van der Waals surface area contributed by atoms with Gasteiger partial charge in [-0.05, 0) is 37.1 Å². The summed E-state index contributed by atoms with van der Waals surface area (Å²) in [5, 5.41) is 9.91. The smallest absolute Gasteiger partial charge is 0.276 e. The molecule has 0 atom stereocenters. The fourth-order valence-electron chi connectivity index (χ4n) is 2.37. The van der Waals surface area contributed by atoms with Crippen molar-refractivity contribution in [2.24, 2.45) is 0 Å². The molecule has 2 aromatic rings. The van der Waals surface area contributed by atoms with Gasteiger partial charge in [0.2, 0.25) is 0 Å². The molecule has 1 aromatic carbocycles. The lowest BCUT2D eigenvalue weighted by Gasteiger charge is -2.15.